The number of hydrogen-bond acceptors (Lipinski definition) is 4. The van der Waals surface area contributed by atoms with E-state index in [0.717, 1.165) is 12.8 Å². The highest BCUT2D eigenvalue weighted by molar-refractivity contribution is 7.94. The molecule has 0 saturated heterocycles. The fourth-order valence-electron chi connectivity index (χ4n) is 1.62. The van der Waals surface area contributed by atoms with E-state index in [1.54, 1.807) is 24.4 Å². The number of hydrogen-bond donors (Lipinski definition) is 0. The van der Waals surface area contributed by atoms with Crippen LogP contribution in [0.5, 0.6) is 0 Å². The van der Waals surface area contributed by atoms with Gasteiger partial charge in [-0.05, 0) is 31.6 Å². The van der Waals surface area contributed by atoms with E-state index in [4.69, 9.17) is 0 Å². The summed E-state index contributed by atoms with van der Waals surface area (Å²) in [5.74, 6) is -0.487. The molecule has 0 aliphatic heterocycles. The number of aromatic nitrogens is 1. The van der Waals surface area contributed by atoms with E-state index in [9.17, 15) is 13.2 Å². The second-order valence-corrected chi connectivity index (χ2v) is 6.51. The number of unbranched alkanes of at least 4 members (excludes halogenated alkanes) is 1. The molecular weight excluding hydrogens is 276 g/mol. The van der Waals surface area contributed by atoms with Crippen LogP contribution in [0.2, 0.25) is 0 Å². The number of nitrogens with zero attached hydrogens (tertiary/aromatic N) is 2. The lowest BCUT2D eigenvalue weighted by Crippen LogP contribution is -2.31. The van der Waals surface area contributed by atoms with E-state index in [1.165, 1.54) is 24.4 Å². The first-order valence-corrected chi connectivity index (χ1v) is 7.93. The van der Waals surface area contributed by atoms with Crippen molar-refractivity contribution < 1.29 is 13.2 Å². The number of sulfonamides is 1. The van der Waals surface area contributed by atoms with Gasteiger partial charge < -0.3 is 0 Å². The van der Waals surface area contributed by atoms with Gasteiger partial charge in [0.1, 0.15) is 4.91 Å². The molecule has 6 heteroatoms. The fraction of sp³-hybridized carbons (Fsp3) is 0.429. The number of ketones is 1. The van der Waals surface area contributed by atoms with E-state index in [0.29, 0.717) is 12.2 Å². The number of allylic oxidation sites excluding steroid dienone is 1. The minimum absolute atomic E-state index is 0.227. The molecule has 1 aromatic heterocycles. The largest absolute Gasteiger partial charge is 0.294 e. The second-order valence-electron chi connectivity index (χ2n) is 4.50. The summed E-state index contributed by atoms with van der Waals surface area (Å²) in [6.07, 6.45) is 4.51. The summed E-state index contributed by atoms with van der Waals surface area (Å²) < 4.78 is 26.0. The Hall–Kier alpha value is -1.53. The molecule has 0 N–H and O–H groups in total. The molecule has 110 valence electrons. The number of Topliss-reactive ketones (excluding diaryl/α,β-unsaturated/α-hetero) is 1. The van der Waals surface area contributed by atoms with Crippen LogP contribution in [0.3, 0.4) is 0 Å². The van der Waals surface area contributed by atoms with Crippen LogP contribution in [-0.4, -0.2) is 37.1 Å². The summed E-state index contributed by atoms with van der Waals surface area (Å²) in [4.78, 5) is 15.5. The Balaban J connectivity index is 3.14. The van der Waals surface area contributed by atoms with E-state index >= 15 is 0 Å². The topological polar surface area (TPSA) is 67.3 Å². The molecule has 0 bridgehead atoms. The summed E-state index contributed by atoms with van der Waals surface area (Å²) in [5.41, 5.74) is 0.449. The van der Waals surface area contributed by atoms with Gasteiger partial charge in [0.2, 0.25) is 10.0 Å². The van der Waals surface area contributed by atoms with Crippen molar-refractivity contribution in [1.29, 1.82) is 0 Å². The highest BCUT2D eigenvalue weighted by Crippen LogP contribution is 2.16. The Bertz CT molecular complexity index is 580. The number of carbonyl (C=O) groups excluding carboxylic acids is 1. The van der Waals surface area contributed by atoms with Gasteiger partial charge in [-0.15, -0.1) is 0 Å². The molecule has 0 aromatic carbocycles. The van der Waals surface area contributed by atoms with Crippen LogP contribution < -0.4 is 0 Å². The number of carbonyl (C=O) groups is 1. The zero-order chi connectivity index (χ0) is 15.2. The monoisotopic (exact) mass is 296 g/mol. The van der Waals surface area contributed by atoms with Gasteiger partial charge in [-0.3, -0.25) is 9.78 Å². The smallest absolute Gasteiger partial charge is 0.246 e. The molecule has 0 amide bonds. The van der Waals surface area contributed by atoms with Gasteiger partial charge in [0.15, 0.2) is 5.78 Å². The van der Waals surface area contributed by atoms with Crippen LogP contribution in [0.25, 0.3) is 6.08 Å². The first-order chi connectivity index (χ1) is 9.39. The molecule has 0 aliphatic carbocycles. The number of rotatable bonds is 7. The van der Waals surface area contributed by atoms with E-state index < -0.39 is 15.8 Å². The van der Waals surface area contributed by atoms with Gasteiger partial charge in [0, 0.05) is 19.8 Å². The maximum Gasteiger partial charge on any atom is 0.246 e. The summed E-state index contributed by atoms with van der Waals surface area (Å²) in [7, 11) is -2.28. The van der Waals surface area contributed by atoms with Crippen molar-refractivity contribution in [1.82, 2.24) is 9.29 Å². The number of pyridine rings is 1. The molecule has 1 rings (SSSR count). The van der Waals surface area contributed by atoms with E-state index in [1.807, 2.05) is 6.92 Å². The Morgan fingerprint density at radius 2 is 2.10 bits per heavy atom. The van der Waals surface area contributed by atoms with Crippen LogP contribution in [-0.2, 0) is 14.8 Å². The Morgan fingerprint density at radius 3 is 2.60 bits per heavy atom. The summed E-state index contributed by atoms with van der Waals surface area (Å²) in [5, 5.41) is 0. The zero-order valence-corrected chi connectivity index (χ0v) is 12.9. The van der Waals surface area contributed by atoms with Gasteiger partial charge >= 0.3 is 0 Å². The van der Waals surface area contributed by atoms with E-state index in [2.05, 4.69) is 4.98 Å². The minimum atomic E-state index is -3.77. The lowest BCUT2D eigenvalue weighted by atomic mass is 10.3. The first kappa shape index (κ1) is 16.5. The summed E-state index contributed by atoms with van der Waals surface area (Å²) >= 11 is 0. The van der Waals surface area contributed by atoms with Crippen molar-refractivity contribution in [3.05, 3.63) is 35.0 Å². The molecule has 0 saturated carbocycles. The predicted molar refractivity (Wildman–Crippen MR) is 79.4 cm³/mol. The van der Waals surface area contributed by atoms with Crippen LogP contribution in [0, 0.1) is 0 Å². The lowest BCUT2D eigenvalue weighted by molar-refractivity contribution is -0.112. The molecule has 0 spiro atoms. The minimum Gasteiger partial charge on any atom is -0.294 e. The molecule has 0 unspecified atom stereocenters. The Kier molecular flexibility index (Phi) is 6.04. The molecule has 20 heavy (non-hydrogen) atoms. The van der Waals surface area contributed by atoms with Crippen molar-refractivity contribution in [3.63, 3.8) is 0 Å². The third kappa shape index (κ3) is 4.25. The normalized spacial score (nSPS) is 12.7. The Morgan fingerprint density at radius 1 is 1.40 bits per heavy atom. The maximum absolute atomic E-state index is 12.4. The molecule has 0 atom stereocenters. The summed E-state index contributed by atoms with van der Waals surface area (Å²) in [6, 6.07) is 5.13. The van der Waals surface area contributed by atoms with Gasteiger partial charge in [-0.2, -0.15) is 0 Å². The van der Waals surface area contributed by atoms with Crippen molar-refractivity contribution in [3.8, 4) is 0 Å². The molecule has 0 radical (unpaired) electrons. The third-order valence-corrected chi connectivity index (χ3v) is 4.79. The van der Waals surface area contributed by atoms with Gasteiger partial charge in [-0.1, -0.05) is 19.4 Å². The SMILES string of the molecule is CCCCN(C)S(=O)(=O)C(=Cc1ccccn1)C(C)=O. The molecule has 1 aromatic rings. The molecule has 0 aliphatic rings. The quantitative estimate of drug-likeness (QED) is 0.722. The zero-order valence-electron chi connectivity index (χ0n) is 12.0. The van der Waals surface area contributed by atoms with Crippen molar-refractivity contribution in [2.75, 3.05) is 13.6 Å². The highest BCUT2D eigenvalue weighted by atomic mass is 32.2. The van der Waals surface area contributed by atoms with Crippen LogP contribution in [0.1, 0.15) is 32.4 Å². The third-order valence-electron chi connectivity index (χ3n) is 2.83. The summed E-state index contributed by atoms with van der Waals surface area (Å²) in [6.45, 7) is 3.63. The van der Waals surface area contributed by atoms with Gasteiger partial charge in [-0.25, -0.2) is 12.7 Å². The van der Waals surface area contributed by atoms with Crippen molar-refractivity contribution >= 4 is 21.9 Å². The average molecular weight is 296 g/mol. The second kappa shape index (κ2) is 7.31. The van der Waals surface area contributed by atoms with Gasteiger partial charge in [0.25, 0.3) is 0 Å². The predicted octanol–water partition coefficient (Wildman–Crippen LogP) is 2.07. The van der Waals surface area contributed by atoms with Gasteiger partial charge in [0.05, 0.1) is 5.69 Å². The van der Waals surface area contributed by atoms with Crippen molar-refractivity contribution in [2.24, 2.45) is 0 Å². The average Bonchev–Trinajstić information content (AvgIpc) is 2.42. The highest BCUT2D eigenvalue weighted by Gasteiger charge is 2.26. The Labute approximate surface area is 120 Å². The van der Waals surface area contributed by atoms with Crippen LogP contribution in [0.4, 0.5) is 0 Å². The first-order valence-electron chi connectivity index (χ1n) is 6.49. The van der Waals surface area contributed by atoms with Crippen LogP contribution in [0.15, 0.2) is 29.3 Å². The molecule has 1 heterocycles. The molecular formula is C14H20N2O3S. The maximum atomic E-state index is 12.4. The van der Waals surface area contributed by atoms with Crippen molar-refractivity contribution in [2.45, 2.75) is 26.7 Å². The fourth-order valence-corrected chi connectivity index (χ4v) is 2.96. The molecule has 0 fully saturated rings. The van der Waals surface area contributed by atoms with Crippen LogP contribution >= 0.6 is 0 Å². The van der Waals surface area contributed by atoms with E-state index in [-0.39, 0.29) is 4.91 Å². The standard InChI is InChI=1S/C14H20N2O3S/c1-4-5-10-16(3)20(18,19)14(12(2)17)11-13-8-6-7-9-15-13/h6-9,11H,4-5,10H2,1-3H3. The molecule has 5 nitrogen and oxygen atoms in total. The lowest BCUT2D eigenvalue weighted by Gasteiger charge is -2.17.